The molecule has 0 bridgehead atoms. The molecule has 0 spiro atoms. The Morgan fingerprint density at radius 3 is 2.80 bits per heavy atom. The van der Waals surface area contributed by atoms with E-state index in [1.165, 1.54) is 0 Å². The van der Waals surface area contributed by atoms with Crippen LogP contribution < -0.4 is 5.73 Å². The van der Waals surface area contributed by atoms with Gasteiger partial charge in [0.1, 0.15) is 6.61 Å². The molecule has 1 fully saturated rings. The first-order chi connectivity index (χ1) is 9.20. The van der Waals surface area contributed by atoms with Gasteiger partial charge < -0.3 is 20.8 Å². The van der Waals surface area contributed by atoms with Crippen molar-refractivity contribution in [3.8, 4) is 0 Å². The number of carbonyl (C=O) groups is 1. The lowest BCUT2D eigenvalue weighted by Gasteiger charge is -2.35. The molecule has 1 saturated heterocycles. The average molecular weight is 282 g/mol. The Morgan fingerprint density at radius 1 is 1.45 bits per heavy atom. The van der Waals surface area contributed by atoms with E-state index in [1.54, 1.807) is 4.90 Å². The minimum atomic E-state index is -0.228. The molecule has 0 saturated carbocycles. The molecule has 0 aromatic heterocycles. The highest BCUT2D eigenvalue weighted by molar-refractivity contribution is 5.67. The number of ether oxygens (including phenoxy) is 1. The number of rotatable bonds is 3. The van der Waals surface area contributed by atoms with Gasteiger partial charge in [-0.05, 0) is 30.4 Å². The van der Waals surface area contributed by atoms with E-state index in [-0.39, 0.29) is 13.0 Å². The highest BCUT2D eigenvalue weighted by Crippen LogP contribution is 2.22. The molecule has 1 heterocycles. The zero-order valence-corrected chi connectivity index (χ0v) is 11.9. The van der Waals surface area contributed by atoms with E-state index < -0.39 is 0 Å². The van der Waals surface area contributed by atoms with Crippen LogP contribution >= 0.6 is 0 Å². The number of amides is 1. The number of nitrogens with two attached hydrogens (primary N) is 1. The second kappa shape index (κ2) is 7.87. The van der Waals surface area contributed by atoms with Crippen LogP contribution in [0.1, 0.15) is 20.3 Å². The molecular weight excluding hydrogens is 256 g/mol. The first kappa shape index (κ1) is 16.5. The zero-order chi connectivity index (χ0) is 13.7. The standard InChI is InChI=1S/C15H22N2O2.H2O.H2/c1-12-7-8-17(10-14(12)9-16)15(18)19-11-13-5-3-2-4-6-13;;/h2-6,12,14H,7-11,16H2,1H3;1H2;1H/t12-,14+;;/m1../s1. The highest BCUT2D eigenvalue weighted by atomic mass is 16.6. The smallest absolute Gasteiger partial charge is 0.410 e. The molecule has 1 aliphatic rings. The lowest BCUT2D eigenvalue weighted by Crippen LogP contribution is -2.45. The molecule has 1 aromatic carbocycles. The quantitative estimate of drug-likeness (QED) is 0.914. The highest BCUT2D eigenvalue weighted by Gasteiger charge is 2.28. The molecule has 0 aliphatic carbocycles. The molecular formula is C15H26N2O3. The van der Waals surface area contributed by atoms with Crippen LogP contribution in [0.2, 0.25) is 0 Å². The van der Waals surface area contributed by atoms with Crippen molar-refractivity contribution in [2.45, 2.75) is 20.0 Å². The van der Waals surface area contributed by atoms with Crippen LogP contribution in [-0.2, 0) is 11.3 Å². The van der Waals surface area contributed by atoms with Crippen molar-refractivity contribution in [2.75, 3.05) is 19.6 Å². The van der Waals surface area contributed by atoms with Gasteiger partial charge in [-0.15, -0.1) is 0 Å². The Hall–Kier alpha value is -1.59. The zero-order valence-electron chi connectivity index (χ0n) is 11.9. The van der Waals surface area contributed by atoms with Gasteiger partial charge in [-0.3, -0.25) is 0 Å². The fraction of sp³-hybridized carbons (Fsp3) is 0.533. The minimum Gasteiger partial charge on any atom is -0.445 e. The van der Waals surface area contributed by atoms with Gasteiger partial charge in [-0.1, -0.05) is 37.3 Å². The van der Waals surface area contributed by atoms with Gasteiger partial charge in [0.15, 0.2) is 0 Å². The molecule has 0 unspecified atom stereocenters. The number of piperidine rings is 1. The third kappa shape index (κ3) is 4.21. The molecule has 1 aromatic rings. The number of carbonyl (C=O) groups excluding carboxylic acids is 1. The summed E-state index contributed by atoms with van der Waals surface area (Å²) in [4.78, 5) is 13.8. The molecule has 2 atom stereocenters. The minimum absolute atomic E-state index is 0. The number of benzene rings is 1. The molecule has 114 valence electrons. The summed E-state index contributed by atoms with van der Waals surface area (Å²) in [6.07, 6.45) is 0.775. The topological polar surface area (TPSA) is 87.1 Å². The van der Waals surface area contributed by atoms with Crippen molar-refractivity contribution in [3.63, 3.8) is 0 Å². The van der Waals surface area contributed by atoms with Crippen LogP contribution in [-0.4, -0.2) is 36.1 Å². The van der Waals surface area contributed by atoms with E-state index >= 15 is 0 Å². The summed E-state index contributed by atoms with van der Waals surface area (Å²) >= 11 is 0. The van der Waals surface area contributed by atoms with E-state index in [9.17, 15) is 4.79 Å². The molecule has 0 radical (unpaired) electrons. The van der Waals surface area contributed by atoms with E-state index in [4.69, 9.17) is 10.5 Å². The summed E-state index contributed by atoms with van der Waals surface area (Å²) in [6.45, 7) is 4.64. The lowest BCUT2D eigenvalue weighted by atomic mass is 9.87. The molecule has 1 amide bonds. The molecule has 1 aliphatic heterocycles. The summed E-state index contributed by atoms with van der Waals surface area (Å²) in [6, 6.07) is 9.73. The van der Waals surface area contributed by atoms with Gasteiger partial charge in [0.2, 0.25) is 0 Å². The third-order valence-electron chi connectivity index (χ3n) is 3.88. The van der Waals surface area contributed by atoms with Gasteiger partial charge in [0, 0.05) is 14.5 Å². The Labute approximate surface area is 121 Å². The number of hydrogen-bond acceptors (Lipinski definition) is 3. The second-order valence-corrected chi connectivity index (χ2v) is 5.25. The summed E-state index contributed by atoms with van der Waals surface area (Å²) in [5.74, 6) is 0.973. The predicted octanol–water partition coefficient (Wildman–Crippen LogP) is 1.66. The van der Waals surface area contributed by atoms with Crippen molar-refractivity contribution in [3.05, 3.63) is 35.9 Å². The maximum absolute atomic E-state index is 12.0. The molecule has 5 heteroatoms. The SMILES string of the molecule is C[C@@H]1CCN(C(=O)OCc2ccccc2)C[C@@H]1CN.O.[HH]. The van der Waals surface area contributed by atoms with Crippen molar-refractivity contribution in [2.24, 2.45) is 17.6 Å². The van der Waals surface area contributed by atoms with E-state index in [1.807, 2.05) is 30.3 Å². The van der Waals surface area contributed by atoms with Gasteiger partial charge in [0.05, 0.1) is 0 Å². The van der Waals surface area contributed by atoms with Crippen LogP contribution in [0.25, 0.3) is 0 Å². The van der Waals surface area contributed by atoms with Gasteiger partial charge in [0.25, 0.3) is 0 Å². The van der Waals surface area contributed by atoms with Gasteiger partial charge in [-0.25, -0.2) is 4.79 Å². The first-order valence-electron chi connectivity index (χ1n) is 6.86. The Morgan fingerprint density at radius 2 is 2.15 bits per heavy atom. The van der Waals surface area contributed by atoms with Crippen molar-refractivity contribution in [1.82, 2.24) is 4.90 Å². The van der Waals surface area contributed by atoms with Gasteiger partial charge >= 0.3 is 6.09 Å². The fourth-order valence-corrected chi connectivity index (χ4v) is 2.43. The monoisotopic (exact) mass is 282 g/mol. The van der Waals surface area contributed by atoms with Crippen LogP contribution in [0.5, 0.6) is 0 Å². The fourth-order valence-electron chi connectivity index (χ4n) is 2.43. The number of likely N-dealkylation sites (tertiary alicyclic amines) is 1. The lowest BCUT2D eigenvalue weighted by molar-refractivity contribution is 0.0686. The largest absolute Gasteiger partial charge is 0.445 e. The molecule has 20 heavy (non-hydrogen) atoms. The number of nitrogens with zero attached hydrogens (tertiary/aromatic N) is 1. The van der Waals surface area contributed by atoms with Crippen molar-refractivity contribution >= 4 is 6.09 Å². The summed E-state index contributed by atoms with van der Waals surface area (Å²) in [5, 5.41) is 0. The average Bonchev–Trinajstić information content (AvgIpc) is 2.46. The van der Waals surface area contributed by atoms with E-state index in [0.29, 0.717) is 31.5 Å². The van der Waals surface area contributed by atoms with Crippen molar-refractivity contribution < 1.29 is 16.4 Å². The van der Waals surface area contributed by atoms with E-state index in [0.717, 1.165) is 18.5 Å². The first-order valence-corrected chi connectivity index (χ1v) is 6.86. The van der Waals surface area contributed by atoms with Crippen LogP contribution in [0, 0.1) is 11.8 Å². The van der Waals surface area contributed by atoms with Crippen molar-refractivity contribution in [1.29, 1.82) is 0 Å². The van der Waals surface area contributed by atoms with Crippen LogP contribution in [0.4, 0.5) is 4.79 Å². The van der Waals surface area contributed by atoms with Crippen LogP contribution in [0.3, 0.4) is 0 Å². The normalized spacial score (nSPS) is 22.0. The molecule has 2 rings (SSSR count). The second-order valence-electron chi connectivity index (χ2n) is 5.25. The van der Waals surface area contributed by atoms with Gasteiger partial charge in [-0.2, -0.15) is 0 Å². The maximum Gasteiger partial charge on any atom is 0.410 e. The molecule has 5 nitrogen and oxygen atoms in total. The Bertz CT molecular complexity index is 417. The summed E-state index contributed by atoms with van der Waals surface area (Å²) < 4.78 is 5.34. The number of hydrogen-bond donors (Lipinski definition) is 1. The third-order valence-corrected chi connectivity index (χ3v) is 3.88. The Kier molecular flexibility index (Phi) is 6.48. The molecule has 4 N–H and O–H groups in total. The summed E-state index contributed by atoms with van der Waals surface area (Å²) in [7, 11) is 0. The van der Waals surface area contributed by atoms with Crippen LogP contribution in [0.15, 0.2) is 30.3 Å². The Balaban J connectivity index is 0.00000200. The predicted molar refractivity (Wildman–Crippen MR) is 80.3 cm³/mol. The maximum atomic E-state index is 12.0. The van der Waals surface area contributed by atoms with E-state index in [2.05, 4.69) is 6.92 Å². The summed E-state index contributed by atoms with van der Waals surface area (Å²) in [5.41, 5.74) is 6.75.